The van der Waals surface area contributed by atoms with Crippen molar-refractivity contribution in [1.82, 2.24) is 10.6 Å². The summed E-state index contributed by atoms with van der Waals surface area (Å²) < 4.78 is 16.8. The van der Waals surface area contributed by atoms with E-state index in [1.807, 2.05) is 12.1 Å². The monoisotopic (exact) mass is 409 g/mol. The molecule has 1 fully saturated rings. The Balaban J connectivity index is 1.54. The van der Waals surface area contributed by atoms with Crippen LogP contribution >= 0.6 is 11.6 Å². The highest BCUT2D eigenvalue weighted by atomic mass is 35.5. The van der Waals surface area contributed by atoms with Crippen molar-refractivity contribution in [3.8, 4) is 11.5 Å². The van der Waals surface area contributed by atoms with Crippen LogP contribution in [0.4, 0.5) is 0 Å². The van der Waals surface area contributed by atoms with Gasteiger partial charge in [0.15, 0.2) is 17.5 Å². The largest absolute Gasteiger partial charge is 0.486 e. The van der Waals surface area contributed by atoms with Gasteiger partial charge in [0.1, 0.15) is 13.2 Å². The van der Waals surface area contributed by atoms with Gasteiger partial charge in [-0.3, -0.25) is 4.99 Å². The van der Waals surface area contributed by atoms with Crippen LogP contribution in [0.3, 0.4) is 0 Å². The number of benzene rings is 1. The Morgan fingerprint density at radius 3 is 2.75 bits per heavy atom. The van der Waals surface area contributed by atoms with Crippen LogP contribution in [0, 0.1) is 5.41 Å². The van der Waals surface area contributed by atoms with Crippen molar-refractivity contribution in [2.24, 2.45) is 10.4 Å². The normalized spacial score (nSPS) is 18.2. The van der Waals surface area contributed by atoms with E-state index in [4.69, 9.17) is 25.8 Å². The topological polar surface area (TPSA) is 64.1 Å². The first-order valence-electron chi connectivity index (χ1n) is 10.3. The quantitative estimate of drug-likeness (QED) is 0.389. The molecular weight excluding hydrogens is 378 g/mol. The Bertz CT molecular complexity index is 675. The van der Waals surface area contributed by atoms with E-state index >= 15 is 0 Å². The number of halogens is 1. The Kier molecular flexibility index (Phi) is 7.68. The lowest BCUT2D eigenvalue weighted by Crippen LogP contribution is -2.43. The molecule has 1 saturated carbocycles. The van der Waals surface area contributed by atoms with E-state index in [-0.39, 0.29) is 0 Å². The molecule has 0 aromatic heterocycles. The van der Waals surface area contributed by atoms with Gasteiger partial charge in [-0.15, -0.1) is 0 Å². The van der Waals surface area contributed by atoms with E-state index in [0.29, 0.717) is 41.7 Å². The van der Waals surface area contributed by atoms with E-state index < -0.39 is 0 Å². The summed E-state index contributed by atoms with van der Waals surface area (Å²) in [6, 6.07) is 3.89. The van der Waals surface area contributed by atoms with Gasteiger partial charge in [0.05, 0.1) is 5.02 Å². The standard InChI is InChI=1S/C21H32ClN3O3/c1-3-26-9-8-21(6-4-5-7-21)15-25-20(23-2)24-14-16-12-17(22)19-18(13-16)27-10-11-28-19/h12-13H,3-11,14-15H2,1-2H3,(H2,23,24,25). The van der Waals surface area contributed by atoms with Crippen molar-refractivity contribution in [1.29, 1.82) is 0 Å². The molecule has 7 heteroatoms. The maximum atomic E-state index is 6.33. The van der Waals surface area contributed by atoms with Gasteiger partial charge in [-0.2, -0.15) is 0 Å². The van der Waals surface area contributed by atoms with Crippen molar-refractivity contribution in [3.63, 3.8) is 0 Å². The Morgan fingerprint density at radius 2 is 2.00 bits per heavy atom. The molecule has 1 aromatic rings. The molecule has 0 amide bonds. The van der Waals surface area contributed by atoms with E-state index in [1.165, 1.54) is 25.7 Å². The number of hydrogen-bond acceptors (Lipinski definition) is 4. The van der Waals surface area contributed by atoms with Crippen LogP contribution < -0.4 is 20.1 Å². The zero-order chi connectivity index (χ0) is 19.8. The second kappa shape index (κ2) is 10.2. The maximum absolute atomic E-state index is 6.33. The van der Waals surface area contributed by atoms with E-state index in [9.17, 15) is 0 Å². The molecule has 0 atom stereocenters. The molecule has 1 aromatic carbocycles. The highest BCUT2D eigenvalue weighted by Crippen LogP contribution is 2.40. The molecule has 1 heterocycles. The van der Waals surface area contributed by atoms with Gasteiger partial charge in [-0.25, -0.2) is 0 Å². The molecular formula is C21H32ClN3O3. The molecule has 1 aliphatic heterocycles. The van der Waals surface area contributed by atoms with Gasteiger partial charge in [0.25, 0.3) is 0 Å². The van der Waals surface area contributed by atoms with Crippen molar-refractivity contribution in [2.75, 3.05) is 40.0 Å². The fourth-order valence-electron chi connectivity index (χ4n) is 4.02. The average molecular weight is 410 g/mol. The predicted molar refractivity (Wildman–Crippen MR) is 113 cm³/mol. The third-order valence-corrected chi connectivity index (χ3v) is 5.90. The van der Waals surface area contributed by atoms with Crippen molar-refractivity contribution >= 4 is 17.6 Å². The third kappa shape index (κ3) is 5.45. The summed E-state index contributed by atoms with van der Waals surface area (Å²) in [5, 5.41) is 7.48. The van der Waals surface area contributed by atoms with Crippen molar-refractivity contribution < 1.29 is 14.2 Å². The molecule has 0 spiro atoms. The number of nitrogens with zero attached hydrogens (tertiary/aromatic N) is 1. The van der Waals surface area contributed by atoms with Crippen molar-refractivity contribution in [2.45, 2.75) is 45.6 Å². The molecule has 0 saturated heterocycles. The van der Waals surface area contributed by atoms with Crippen molar-refractivity contribution in [3.05, 3.63) is 22.7 Å². The lowest BCUT2D eigenvalue weighted by Gasteiger charge is -2.30. The summed E-state index contributed by atoms with van der Waals surface area (Å²) in [5.41, 5.74) is 1.34. The first-order chi connectivity index (χ1) is 13.7. The van der Waals surface area contributed by atoms with Crippen LogP contribution in [0.5, 0.6) is 11.5 Å². The molecule has 3 rings (SSSR count). The minimum absolute atomic E-state index is 0.313. The molecule has 28 heavy (non-hydrogen) atoms. The van der Waals surface area contributed by atoms with Crippen LogP contribution in [0.2, 0.25) is 5.02 Å². The smallest absolute Gasteiger partial charge is 0.191 e. The average Bonchev–Trinajstić information content (AvgIpc) is 3.17. The summed E-state index contributed by atoms with van der Waals surface area (Å²) in [6.07, 6.45) is 6.21. The molecule has 0 radical (unpaired) electrons. The second-order valence-corrected chi connectivity index (χ2v) is 7.94. The first-order valence-corrected chi connectivity index (χ1v) is 10.6. The number of hydrogen-bond donors (Lipinski definition) is 2. The van der Waals surface area contributed by atoms with Crippen LogP contribution in [0.1, 0.15) is 44.6 Å². The fraction of sp³-hybridized carbons (Fsp3) is 0.667. The lowest BCUT2D eigenvalue weighted by molar-refractivity contribution is 0.105. The first kappa shape index (κ1) is 21.1. The fourth-order valence-corrected chi connectivity index (χ4v) is 4.30. The number of ether oxygens (including phenoxy) is 3. The van der Waals surface area contributed by atoms with Gasteiger partial charge >= 0.3 is 0 Å². The van der Waals surface area contributed by atoms with Crippen LogP contribution in [-0.2, 0) is 11.3 Å². The van der Waals surface area contributed by atoms with Crippen LogP contribution in [0.15, 0.2) is 17.1 Å². The van der Waals surface area contributed by atoms with Crippen LogP contribution in [-0.4, -0.2) is 46.0 Å². The molecule has 6 nitrogen and oxygen atoms in total. The van der Waals surface area contributed by atoms with E-state index in [0.717, 1.165) is 37.7 Å². The van der Waals surface area contributed by atoms with Gasteiger partial charge in [0, 0.05) is 33.4 Å². The lowest BCUT2D eigenvalue weighted by atomic mass is 9.83. The molecule has 2 aliphatic rings. The third-order valence-electron chi connectivity index (χ3n) is 5.62. The summed E-state index contributed by atoms with van der Waals surface area (Å²) in [6.45, 7) is 6.28. The SMILES string of the molecule is CCOCCC1(CNC(=NC)NCc2cc(Cl)c3c(c2)OCCO3)CCCC1. The zero-order valence-corrected chi connectivity index (χ0v) is 17.7. The number of aliphatic imine (C=N–C) groups is 1. The Hall–Kier alpha value is -1.66. The molecule has 0 unspecified atom stereocenters. The van der Waals surface area contributed by atoms with Gasteiger partial charge < -0.3 is 24.8 Å². The van der Waals surface area contributed by atoms with E-state index in [2.05, 4.69) is 22.5 Å². The van der Waals surface area contributed by atoms with Crippen LogP contribution in [0.25, 0.3) is 0 Å². The zero-order valence-electron chi connectivity index (χ0n) is 17.0. The minimum atomic E-state index is 0.313. The number of rotatable bonds is 8. The molecule has 2 N–H and O–H groups in total. The van der Waals surface area contributed by atoms with E-state index in [1.54, 1.807) is 7.05 Å². The number of nitrogens with one attached hydrogen (secondary N) is 2. The maximum Gasteiger partial charge on any atom is 0.191 e. The van der Waals surface area contributed by atoms with Gasteiger partial charge in [0.2, 0.25) is 0 Å². The second-order valence-electron chi connectivity index (χ2n) is 7.54. The summed E-state index contributed by atoms with van der Waals surface area (Å²) in [5.74, 6) is 2.14. The summed E-state index contributed by atoms with van der Waals surface area (Å²) in [7, 11) is 1.80. The predicted octanol–water partition coefficient (Wildman–Crippen LogP) is 3.76. The molecule has 156 valence electrons. The Morgan fingerprint density at radius 1 is 1.21 bits per heavy atom. The number of guanidine groups is 1. The number of fused-ring (bicyclic) bond motifs is 1. The van der Waals surface area contributed by atoms with Gasteiger partial charge in [-0.1, -0.05) is 24.4 Å². The molecule has 1 aliphatic carbocycles. The highest BCUT2D eigenvalue weighted by molar-refractivity contribution is 6.32. The minimum Gasteiger partial charge on any atom is -0.486 e. The molecule has 0 bridgehead atoms. The Labute approximate surface area is 173 Å². The highest BCUT2D eigenvalue weighted by Gasteiger charge is 2.33. The summed E-state index contributed by atoms with van der Waals surface area (Å²) >= 11 is 6.33. The summed E-state index contributed by atoms with van der Waals surface area (Å²) in [4.78, 5) is 4.38. The van der Waals surface area contributed by atoms with Gasteiger partial charge in [-0.05, 0) is 49.3 Å².